The zero-order valence-corrected chi connectivity index (χ0v) is 9.46. The minimum Gasteiger partial charge on any atom is -0.463 e. The number of carbonyl (C=O) groups excluding carboxylic acids is 2. The first-order valence-corrected chi connectivity index (χ1v) is 5.13. The van der Waals surface area contributed by atoms with Crippen molar-refractivity contribution in [2.45, 2.75) is 13.0 Å². The SMILES string of the molecule is CC(=O)OCC(O)COC(=O)c1ccccc1. The molecule has 0 aliphatic heterocycles. The number of aliphatic hydroxyl groups excluding tert-OH is 1. The van der Waals surface area contributed by atoms with Gasteiger partial charge in [-0.15, -0.1) is 0 Å². The van der Waals surface area contributed by atoms with Gasteiger partial charge in [0.25, 0.3) is 0 Å². The fraction of sp³-hybridized carbons (Fsp3) is 0.333. The van der Waals surface area contributed by atoms with E-state index >= 15 is 0 Å². The molecule has 0 fully saturated rings. The third kappa shape index (κ3) is 5.12. The minimum absolute atomic E-state index is 0.183. The molecule has 0 aliphatic rings. The van der Waals surface area contributed by atoms with Crippen LogP contribution in [0.3, 0.4) is 0 Å². The van der Waals surface area contributed by atoms with Gasteiger partial charge in [-0.1, -0.05) is 18.2 Å². The predicted octanol–water partition coefficient (Wildman–Crippen LogP) is 0.767. The van der Waals surface area contributed by atoms with Crippen LogP contribution in [0.2, 0.25) is 0 Å². The van der Waals surface area contributed by atoms with Crippen LogP contribution in [0.5, 0.6) is 0 Å². The molecule has 92 valence electrons. The third-order valence-corrected chi connectivity index (χ3v) is 1.90. The van der Waals surface area contributed by atoms with E-state index in [1.807, 2.05) is 0 Å². The van der Waals surface area contributed by atoms with Crippen molar-refractivity contribution in [3.8, 4) is 0 Å². The highest BCUT2D eigenvalue weighted by Gasteiger charge is 2.11. The maximum Gasteiger partial charge on any atom is 0.338 e. The van der Waals surface area contributed by atoms with Gasteiger partial charge in [0.15, 0.2) is 0 Å². The third-order valence-electron chi connectivity index (χ3n) is 1.90. The van der Waals surface area contributed by atoms with Crippen molar-refractivity contribution in [3.05, 3.63) is 35.9 Å². The standard InChI is InChI=1S/C12H14O5/c1-9(13)16-7-11(14)8-17-12(15)10-5-3-2-4-6-10/h2-6,11,14H,7-8H2,1H3. The normalized spacial score (nSPS) is 11.6. The molecular formula is C12H14O5. The summed E-state index contributed by atoms with van der Waals surface area (Å²) >= 11 is 0. The molecule has 1 unspecified atom stereocenters. The van der Waals surface area contributed by atoms with Crippen molar-refractivity contribution in [3.63, 3.8) is 0 Å². The molecule has 0 heterocycles. The smallest absolute Gasteiger partial charge is 0.338 e. The van der Waals surface area contributed by atoms with E-state index in [0.717, 1.165) is 0 Å². The summed E-state index contributed by atoms with van der Waals surface area (Å²) in [5.74, 6) is -1.01. The second-order valence-electron chi connectivity index (χ2n) is 3.42. The molecule has 0 amide bonds. The summed E-state index contributed by atoms with van der Waals surface area (Å²) in [6, 6.07) is 8.44. The highest BCUT2D eigenvalue weighted by molar-refractivity contribution is 5.89. The number of carbonyl (C=O) groups is 2. The Labute approximate surface area is 99.0 Å². The molecule has 1 aromatic carbocycles. The number of benzene rings is 1. The Morgan fingerprint density at radius 3 is 2.35 bits per heavy atom. The van der Waals surface area contributed by atoms with E-state index in [4.69, 9.17) is 4.74 Å². The van der Waals surface area contributed by atoms with Crippen LogP contribution in [0, 0.1) is 0 Å². The van der Waals surface area contributed by atoms with E-state index in [-0.39, 0.29) is 13.2 Å². The molecule has 0 saturated carbocycles. The van der Waals surface area contributed by atoms with Crippen molar-refractivity contribution in [2.24, 2.45) is 0 Å². The van der Waals surface area contributed by atoms with Crippen LogP contribution < -0.4 is 0 Å². The monoisotopic (exact) mass is 238 g/mol. The average Bonchev–Trinajstić information content (AvgIpc) is 2.34. The second kappa shape index (κ2) is 6.65. The van der Waals surface area contributed by atoms with E-state index in [2.05, 4.69) is 4.74 Å². The van der Waals surface area contributed by atoms with Gasteiger partial charge in [0.2, 0.25) is 0 Å². The van der Waals surface area contributed by atoms with Gasteiger partial charge < -0.3 is 14.6 Å². The number of ether oxygens (including phenoxy) is 2. The lowest BCUT2D eigenvalue weighted by molar-refractivity contribution is -0.144. The molecular weight excluding hydrogens is 224 g/mol. The highest BCUT2D eigenvalue weighted by Crippen LogP contribution is 2.01. The molecule has 0 spiro atoms. The molecule has 1 aromatic rings. The van der Waals surface area contributed by atoms with Crippen LogP contribution in [0.4, 0.5) is 0 Å². The van der Waals surface area contributed by atoms with Gasteiger partial charge in [0.1, 0.15) is 19.3 Å². The summed E-state index contributed by atoms with van der Waals surface area (Å²) in [4.78, 5) is 21.9. The summed E-state index contributed by atoms with van der Waals surface area (Å²) in [5.41, 5.74) is 0.409. The van der Waals surface area contributed by atoms with E-state index in [0.29, 0.717) is 5.56 Å². The van der Waals surface area contributed by atoms with Gasteiger partial charge in [0.05, 0.1) is 5.56 Å². The first-order chi connectivity index (χ1) is 8.09. The number of hydrogen-bond donors (Lipinski definition) is 1. The predicted molar refractivity (Wildman–Crippen MR) is 59.4 cm³/mol. The number of esters is 2. The molecule has 0 aliphatic carbocycles. The van der Waals surface area contributed by atoms with Gasteiger partial charge in [-0.3, -0.25) is 4.79 Å². The number of hydrogen-bond acceptors (Lipinski definition) is 5. The Morgan fingerprint density at radius 2 is 1.76 bits per heavy atom. The van der Waals surface area contributed by atoms with E-state index in [1.54, 1.807) is 30.3 Å². The van der Waals surface area contributed by atoms with E-state index in [9.17, 15) is 14.7 Å². The van der Waals surface area contributed by atoms with Crippen LogP contribution >= 0.6 is 0 Å². The van der Waals surface area contributed by atoms with E-state index in [1.165, 1.54) is 6.92 Å². The van der Waals surface area contributed by atoms with Gasteiger partial charge >= 0.3 is 11.9 Å². The lowest BCUT2D eigenvalue weighted by Crippen LogP contribution is -2.24. The Kier molecular flexibility index (Phi) is 5.16. The first kappa shape index (κ1) is 13.2. The molecule has 0 bridgehead atoms. The minimum atomic E-state index is -1.01. The van der Waals surface area contributed by atoms with Crippen molar-refractivity contribution in [1.82, 2.24) is 0 Å². The molecule has 5 heteroatoms. The summed E-state index contributed by atoms with van der Waals surface area (Å²) in [6.07, 6.45) is -1.01. The molecule has 17 heavy (non-hydrogen) atoms. The van der Waals surface area contributed by atoms with Crippen LogP contribution in [0.25, 0.3) is 0 Å². The summed E-state index contributed by atoms with van der Waals surface area (Å²) < 4.78 is 9.40. The molecule has 5 nitrogen and oxygen atoms in total. The topological polar surface area (TPSA) is 72.8 Å². The zero-order valence-electron chi connectivity index (χ0n) is 9.46. The van der Waals surface area contributed by atoms with Crippen LogP contribution in [-0.2, 0) is 14.3 Å². The maximum absolute atomic E-state index is 11.4. The molecule has 1 atom stereocenters. The lowest BCUT2D eigenvalue weighted by Gasteiger charge is -2.10. The lowest BCUT2D eigenvalue weighted by atomic mass is 10.2. The van der Waals surface area contributed by atoms with Gasteiger partial charge in [-0.2, -0.15) is 0 Å². The second-order valence-corrected chi connectivity index (χ2v) is 3.42. The van der Waals surface area contributed by atoms with Crippen LogP contribution in [0.1, 0.15) is 17.3 Å². The van der Waals surface area contributed by atoms with Crippen molar-refractivity contribution < 1.29 is 24.2 Å². The van der Waals surface area contributed by atoms with Crippen molar-refractivity contribution in [2.75, 3.05) is 13.2 Å². The Bertz CT molecular complexity index is 374. The first-order valence-electron chi connectivity index (χ1n) is 5.13. The van der Waals surface area contributed by atoms with Crippen molar-refractivity contribution >= 4 is 11.9 Å². The van der Waals surface area contributed by atoms with Crippen LogP contribution in [-0.4, -0.2) is 36.4 Å². The summed E-state index contributed by atoms with van der Waals surface area (Å²) in [7, 11) is 0. The van der Waals surface area contributed by atoms with Gasteiger partial charge in [-0.25, -0.2) is 4.79 Å². The summed E-state index contributed by atoms with van der Waals surface area (Å²) in [6.45, 7) is 0.848. The van der Waals surface area contributed by atoms with Crippen LogP contribution in [0.15, 0.2) is 30.3 Å². The Balaban J connectivity index is 2.31. The summed E-state index contributed by atoms with van der Waals surface area (Å²) in [5, 5.41) is 9.34. The Hall–Kier alpha value is -1.88. The molecule has 1 rings (SSSR count). The quantitative estimate of drug-likeness (QED) is 0.767. The maximum atomic E-state index is 11.4. The number of aliphatic hydroxyl groups is 1. The van der Waals surface area contributed by atoms with Gasteiger partial charge in [-0.05, 0) is 12.1 Å². The average molecular weight is 238 g/mol. The Morgan fingerprint density at radius 1 is 1.18 bits per heavy atom. The fourth-order valence-corrected chi connectivity index (χ4v) is 1.09. The van der Waals surface area contributed by atoms with E-state index < -0.39 is 18.0 Å². The molecule has 1 N–H and O–H groups in total. The molecule has 0 radical (unpaired) electrons. The zero-order chi connectivity index (χ0) is 12.7. The number of rotatable bonds is 5. The van der Waals surface area contributed by atoms with Gasteiger partial charge in [0, 0.05) is 6.92 Å². The largest absolute Gasteiger partial charge is 0.463 e. The fourth-order valence-electron chi connectivity index (χ4n) is 1.09. The molecule has 0 aromatic heterocycles. The van der Waals surface area contributed by atoms with Crippen molar-refractivity contribution in [1.29, 1.82) is 0 Å². The molecule has 0 saturated heterocycles. The highest BCUT2D eigenvalue weighted by atomic mass is 16.6.